The maximum Gasteiger partial charge on any atom is 0.303 e. The molecule has 0 spiro atoms. The van der Waals surface area contributed by atoms with Gasteiger partial charge in [0.25, 0.3) is 0 Å². The first-order valence-corrected chi connectivity index (χ1v) is 4.37. The van der Waals surface area contributed by atoms with E-state index in [0.717, 1.165) is 32.1 Å². The quantitative estimate of drug-likeness (QED) is 0.430. The molecular formula is C8H16O4. The van der Waals surface area contributed by atoms with E-state index in [9.17, 15) is 5.11 Å². The molecule has 4 nitrogen and oxygen atoms in total. The van der Waals surface area contributed by atoms with Gasteiger partial charge in [0.1, 0.15) is 6.10 Å². The van der Waals surface area contributed by atoms with Gasteiger partial charge in [-0.15, -0.1) is 0 Å². The van der Waals surface area contributed by atoms with Crippen LogP contribution in [0.25, 0.3) is 0 Å². The highest BCUT2D eigenvalue weighted by molar-refractivity contribution is 4.77. The minimum absolute atomic E-state index is 0.182. The summed E-state index contributed by atoms with van der Waals surface area (Å²) in [5.41, 5.74) is 0. The van der Waals surface area contributed by atoms with Crippen LogP contribution in [0.15, 0.2) is 0 Å². The largest absolute Gasteiger partial charge is 0.384 e. The van der Waals surface area contributed by atoms with Gasteiger partial charge in [-0.25, -0.2) is 0 Å². The standard InChI is InChI=1S/C8H16O4/c9-7(8(10,11)12)6-4-2-1-3-5-6/h6-7,9-12H,1-5H2. The predicted molar refractivity (Wildman–Crippen MR) is 42.0 cm³/mol. The Kier molecular flexibility index (Phi) is 3.06. The summed E-state index contributed by atoms with van der Waals surface area (Å²) >= 11 is 0. The number of aliphatic hydroxyl groups excluding tert-OH is 1. The fourth-order valence-electron chi connectivity index (χ4n) is 1.77. The molecule has 1 unspecified atom stereocenters. The summed E-state index contributed by atoms with van der Waals surface area (Å²) in [5, 5.41) is 35.4. The van der Waals surface area contributed by atoms with Crippen molar-refractivity contribution in [2.45, 2.75) is 44.2 Å². The van der Waals surface area contributed by atoms with Gasteiger partial charge in [-0.2, -0.15) is 0 Å². The van der Waals surface area contributed by atoms with Crippen molar-refractivity contribution >= 4 is 0 Å². The highest BCUT2D eigenvalue weighted by Gasteiger charge is 2.37. The molecule has 0 aromatic carbocycles. The molecule has 72 valence electrons. The van der Waals surface area contributed by atoms with Gasteiger partial charge >= 0.3 is 5.97 Å². The van der Waals surface area contributed by atoms with Crippen LogP contribution >= 0.6 is 0 Å². The van der Waals surface area contributed by atoms with Gasteiger partial charge in [-0.3, -0.25) is 0 Å². The van der Waals surface area contributed by atoms with E-state index >= 15 is 0 Å². The number of hydrogen-bond donors (Lipinski definition) is 4. The first-order chi connectivity index (χ1) is 5.52. The monoisotopic (exact) mass is 176 g/mol. The van der Waals surface area contributed by atoms with Crippen LogP contribution in [0.2, 0.25) is 0 Å². The van der Waals surface area contributed by atoms with Crippen LogP contribution in [0.5, 0.6) is 0 Å². The average molecular weight is 176 g/mol. The molecule has 1 saturated carbocycles. The Morgan fingerprint density at radius 3 is 1.92 bits per heavy atom. The molecule has 0 saturated heterocycles. The second-order valence-corrected chi connectivity index (χ2v) is 3.53. The molecule has 1 atom stereocenters. The van der Waals surface area contributed by atoms with Gasteiger partial charge < -0.3 is 20.4 Å². The third-order valence-electron chi connectivity index (χ3n) is 2.49. The van der Waals surface area contributed by atoms with Crippen molar-refractivity contribution in [1.82, 2.24) is 0 Å². The summed E-state index contributed by atoms with van der Waals surface area (Å²) in [6, 6.07) is 0. The first-order valence-electron chi connectivity index (χ1n) is 4.37. The lowest BCUT2D eigenvalue weighted by Crippen LogP contribution is -2.46. The van der Waals surface area contributed by atoms with Crippen molar-refractivity contribution in [3.8, 4) is 0 Å². The Labute approximate surface area is 71.5 Å². The molecule has 4 N–H and O–H groups in total. The molecule has 0 amide bonds. The molecule has 0 bridgehead atoms. The van der Waals surface area contributed by atoms with Crippen molar-refractivity contribution < 1.29 is 20.4 Å². The zero-order chi connectivity index (χ0) is 9.19. The van der Waals surface area contributed by atoms with Gasteiger partial charge in [0.2, 0.25) is 0 Å². The highest BCUT2D eigenvalue weighted by Crippen LogP contribution is 2.29. The van der Waals surface area contributed by atoms with Crippen LogP contribution in [-0.4, -0.2) is 32.5 Å². The van der Waals surface area contributed by atoms with Crippen LogP contribution < -0.4 is 0 Å². The first kappa shape index (κ1) is 9.92. The summed E-state index contributed by atoms with van der Waals surface area (Å²) in [6.45, 7) is 0. The lowest BCUT2D eigenvalue weighted by molar-refractivity contribution is -0.364. The van der Waals surface area contributed by atoms with Gasteiger partial charge in [0.15, 0.2) is 0 Å². The summed E-state index contributed by atoms with van der Waals surface area (Å²) in [6.07, 6.45) is 3.17. The van der Waals surface area contributed by atoms with Crippen molar-refractivity contribution in [2.24, 2.45) is 5.92 Å². The third-order valence-corrected chi connectivity index (χ3v) is 2.49. The molecule has 0 aromatic rings. The average Bonchev–Trinajstić information content (AvgIpc) is 2.03. The highest BCUT2D eigenvalue weighted by atomic mass is 16.7. The zero-order valence-electron chi connectivity index (χ0n) is 6.98. The third kappa shape index (κ3) is 2.42. The fourth-order valence-corrected chi connectivity index (χ4v) is 1.77. The SMILES string of the molecule is OC(C1CCCCC1)C(O)(O)O. The predicted octanol–water partition coefficient (Wildman–Crippen LogP) is -0.442. The minimum atomic E-state index is -2.93. The summed E-state index contributed by atoms with van der Waals surface area (Å²) in [4.78, 5) is 0. The van der Waals surface area contributed by atoms with E-state index in [4.69, 9.17) is 15.3 Å². The van der Waals surface area contributed by atoms with E-state index < -0.39 is 12.1 Å². The molecule has 0 aliphatic heterocycles. The van der Waals surface area contributed by atoms with E-state index in [-0.39, 0.29) is 5.92 Å². The molecule has 1 fully saturated rings. The molecule has 4 heteroatoms. The second-order valence-electron chi connectivity index (χ2n) is 3.53. The van der Waals surface area contributed by atoms with E-state index in [1.165, 1.54) is 0 Å². The lowest BCUT2D eigenvalue weighted by atomic mass is 9.84. The van der Waals surface area contributed by atoms with E-state index in [2.05, 4.69) is 0 Å². The van der Waals surface area contributed by atoms with Crippen LogP contribution in [0.4, 0.5) is 0 Å². The number of hydrogen-bond acceptors (Lipinski definition) is 4. The summed E-state index contributed by atoms with van der Waals surface area (Å²) < 4.78 is 0. The molecular weight excluding hydrogens is 160 g/mol. The van der Waals surface area contributed by atoms with Crippen molar-refractivity contribution in [2.75, 3.05) is 0 Å². The maximum atomic E-state index is 9.26. The Hall–Kier alpha value is -0.160. The lowest BCUT2D eigenvalue weighted by Gasteiger charge is -2.31. The molecule has 12 heavy (non-hydrogen) atoms. The van der Waals surface area contributed by atoms with E-state index in [1.54, 1.807) is 0 Å². The van der Waals surface area contributed by atoms with Crippen LogP contribution in [-0.2, 0) is 0 Å². The van der Waals surface area contributed by atoms with Gasteiger partial charge in [-0.05, 0) is 18.8 Å². The molecule has 1 aliphatic carbocycles. The molecule has 1 rings (SSSR count). The summed E-state index contributed by atoms with van der Waals surface area (Å²) in [5.74, 6) is -3.11. The molecule has 1 aliphatic rings. The van der Waals surface area contributed by atoms with Crippen molar-refractivity contribution in [3.63, 3.8) is 0 Å². The zero-order valence-corrected chi connectivity index (χ0v) is 6.98. The van der Waals surface area contributed by atoms with Crippen molar-refractivity contribution in [1.29, 1.82) is 0 Å². The molecule has 0 radical (unpaired) electrons. The number of aliphatic hydroxyl groups is 4. The van der Waals surface area contributed by atoms with E-state index in [0.29, 0.717) is 0 Å². The normalized spacial score (nSPS) is 24.0. The fraction of sp³-hybridized carbons (Fsp3) is 1.00. The Morgan fingerprint density at radius 1 is 1.00 bits per heavy atom. The van der Waals surface area contributed by atoms with Crippen LogP contribution in [0.3, 0.4) is 0 Å². The Balaban J connectivity index is 2.45. The van der Waals surface area contributed by atoms with Gasteiger partial charge in [0, 0.05) is 0 Å². The smallest absolute Gasteiger partial charge is 0.303 e. The maximum absolute atomic E-state index is 9.26. The summed E-state index contributed by atoms with van der Waals surface area (Å²) in [7, 11) is 0. The number of rotatable bonds is 2. The molecule has 0 aromatic heterocycles. The van der Waals surface area contributed by atoms with Crippen LogP contribution in [0.1, 0.15) is 32.1 Å². The van der Waals surface area contributed by atoms with Gasteiger partial charge in [-0.1, -0.05) is 19.3 Å². The van der Waals surface area contributed by atoms with Gasteiger partial charge in [0.05, 0.1) is 0 Å². The topological polar surface area (TPSA) is 80.9 Å². The second kappa shape index (κ2) is 3.70. The molecule has 0 heterocycles. The van der Waals surface area contributed by atoms with Crippen molar-refractivity contribution in [3.05, 3.63) is 0 Å². The Morgan fingerprint density at radius 2 is 1.50 bits per heavy atom. The Bertz CT molecular complexity index is 134. The van der Waals surface area contributed by atoms with E-state index in [1.807, 2.05) is 0 Å². The minimum Gasteiger partial charge on any atom is -0.384 e. The van der Waals surface area contributed by atoms with Crippen LogP contribution in [0, 0.1) is 5.92 Å².